The van der Waals surface area contributed by atoms with Crippen LogP contribution in [-0.4, -0.2) is 16.0 Å². The van der Waals surface area contributed by atoms with Crippen molar-refractivity contribution in [2.45, 2.75) is 0 Å². The first-order valence-electron chi connectivity index (χ1n) is 16.9. The molecule has 0 atom stereocenters. The summed E-state index contributed by atoms with van der Waals surface area (Å²) in [6, 6.07) is 57.2. The summed E-state index contributed by atoms with van der Waals surface area (Å²) < 4.78 is 11.8. The van der Waals surface area contributed by atoms with Crippen LogP contribution >= 0.6 is 0 Å². The van der Waals surface area contributed by atoms with Crippen LogP contribution in [0.1, 0.15) is 0 Å². The topological polar surface area (TPSA) is 26.2 Å². The molecule has 0 N–H and O–H groups in total. The van der Waals surface area contributed by atoms with Gasteiger partial charge in [0.2, 0.25) is 0 Å². The Labute approximate surface area is 281 Å². The minimum atomic E-state index is -0.0434. The molecule has 49 heavy (non-hydrogen) atoms. The zero-order valence-electron chi connectivity index (χ0n) is 26.3. The molecule has 3 aromatic heterocycles. The number of nitrogens with zero attached hydrogens (tertiary/aromatic N) is 3. The smallest absolute Gasteiger partial charge is 0.333 e. The minimum absolute atomic E-state index is 0.0434. The summed E-state index contributed by atoms with van der Waals surface area (Å²) in [5.41, 5.74) is 14.2. The number of rotatable bonds is 2. The van der Waals surface area contributed by atoms with Gasteiger partial charge < -0.3 is 18.4 Å². The first kappa shape index (κ1) is 25.6. The van der Waals surface area contributed by atoms with Crippen LogP contribution in [0.4, 0.5) is 11.4 Å². The normalized spacial score (nSPS) is 13.2. The van der Waals surface area contributed by atoms with E-state index in [9.17, 15) is 0 Å². The van der Waals surface area contributed by atoms with E-state index in [4.69, 9.17) is 4.42 Å². The molecular weight excluding hydrogens is 597 g/mol. The third-order valence-electron chi connectivity index (χ3n) is 10.9. The van der Waals surface area contributed by atoms with Crippen LogP contribution in [0.2, 0.25) is 0 Å². The van der Waals surface area contributed by atoms with Crippen LogP contribution in [0.3, 0.4) is 0 Å². The molecule has 2 aliphatic heterocycles. The number of aromatic nitrogens is 2. The molecule has 0 amide bonds. The Bertz CT molecular complexity index is 3010. The molecule has 0 bridgehead atoms. The van der Waals surface area contributed by atoms with E-state index in [2.05, 4.69) is 172 Å². The molecule has 12 rings (SSSR count). The summed E-state index contributed by atoms with van der Waals surface area (Å²) in [5, 5.41) is 6.20. The highest BCUT2D eigenvalue weighted by Gasteiger charge is 2.45. The summed E-state index contributed by atoms with van der Waals surface area (Å²) in [6.45, 7) is -0.0434. The number of fused-ring (bicyclic) bond motifs is 13. The van der Waals surface area contributed by atoms with E-state index in [0.29, 0.717) is 0 Å². The van der Waals surface area contributed by atoms with E-state index in [1.54, 1.807) is 0 Å². The fourth-order valence-corrected chi connectivity index (χ4v) is 9.05. The quantitative estimate of drug-likeness (QED) is 0.179. The number of hydrogen-bond donors (Lipinski definition) is 0. The lowest BCUT2D eigenvalue weighted by Crippen LogP contribution is -2.60. The van der Waals surface area contributed by atoms with E-state index in [0.717, 1.165) is 33.7 Å². The SMILES string of the molecule is c1ccc(N2B3c4c(cccc4-n4c5ccc6c7ccccc7n(-c7ccccc7)c6c5c5cccc3c54)-c3oc4ccccc4c32)cc1. The molecule has 5 heteroatoms. The molecule has 7 aromatic carbocycles. The second-order valence-corrected chi connectivity index (χ2v) is 13.2. The Morgan fingerprint density at radius 1 is 0.469 bits per heavy atom. The van der Waals surface area contributed by atoms with Gasteiger partial charge in [0.1, 0.15) is 5.58 Å². The monoisotopic (exact) mass is 623 g/mol. The maximum Gasteiger partial charge on any atom is 0.333 e. The van der Waals surface area contributed by atoms with Gasteiger partial charge in [-0.05, 0) is 65.5 Å². The third kappa shape index (κ3) is 3.11. The molecule has 0 fully saturated rings. The predicted molar refractivity (Wildman–Crippen MR) is 204 cm³/mol. The lowest BCUT2D eigenvalue weighted by molar-refractivity contribution is 0.632. The van der Waals surface area contributed by atoms with Gasteiger partial charge in [0.25, 0.3) is 0 Å². The minimum Gasteiger partial charge on any atom is -0.454 e. The molecule has 2 aliphatic rings. The zero-order chi connectivity index (χ0) is 31.8. The van der Waals surface area contributed by atoms with Crippen molar-refractivity contribution in [3.63, 3.8) is 0 Å². The van der Waals surface area contributed by atoms with Crippen molar-refractivity contribution in [1.29, 1.82) is 0 Å². The van der Waals surface area contributed by atoms with E-state index < -0.39 is 0 Å². The van der Waals surface area contributed by atoms with Crippen molar-refractivity contribution in [3.05, 3.63) is 158 Å². The lowest BCUT2D eigenvalue weighted by Gasteiger charge is -2.40. The van der Waals surface area contributed by atoms with Gasteiger partial charge in [-0.1, -0.05) is 103 Å². The molecule has 5 heterocycles. The number of furan rings is 1. The molecular formula is C44H26BN3O. The van der Waals surface area contributed by atoms with Crippen molar-refractivity contribution in [2.24, 2.45) is 0 Å². The largest absolute Gasteiger partial charge is 0.454 e. The van der Waals surface area contributed by atoms with Gasteiger partial charge in [0, 0.05) is 49.6 Å². The summed E-state index contributed by atoms with van der Waals surface area (Å²) in [4.78, 5) is 2.53. The Balaban J connectivity index is 1.28. The Kier molecular flexibility index (Phi) is 4.77. The first-order valence-corrected chi connectivity index (χ1v) is 16.9. The van der Waals surface area contributed by atoms with Crippen molar-refractivity contribution >= 4 is 83.7 Å². The van der Waals surface area contributed by atoms with Crippen molar-refractivity contribution < 1.29 is 4.42 Å². The van der Waals surface area contributed by atoms with Gasteiger partial charge in [0.05, 0.1) is 27.8 Å². The van der Waals surface area contributed by atoms with Gasteiger partial charge >= 0.3 is 6.85 Å². The average Bonchev–Trinajstić information content (AvgIpc) is 3.83. The van der Waals surface area contributed by atoms with E-state index in [-0.39, 0.29) is 6.85 Å². The number of hydrogen-bond acceptors (Lipinski definition) is 2. The average molecular weight is 624 g/mol. The molecule has 0 radical (unpaired) electrons. The second-order valence-electron chi connectivity index (χ2n) is 13.2. The van der Waals surface area contributed by atoms with E-state index in [1.165, 1.54) is 65.9 Å². The lowest BCUT2D eigenvalue weighted by atomic mass is 9.44. The number of benzene rings is 7. The summed E-state index contributed by atoms with van der Waals surface area (Å²) in [6.07, 6.45) is 0. The molecule has 226 valence electrons. The molecule has 0 spiro atoms. The number of para-hydroxylation sites is 5. The van der Waals surface area contributed by atoms with Gasteiger partial charge in [-0.15, -0.1) is 0 Å². The van der Waals surface area contributed by atoms with Crippen LogP contribution < -0.4 is 15.7 Å². The van der Waals surface area contributed by atoms with Gasteiger partial charge in [0.15, 0.2) is 5.76 Å². The molecule has 0 saturated carbocycles. The van der Waals surface area contributed by atoms with Crippen LogP contribution in [0, 0.1) is 0 Å². The van der Waals surface area contributed by atoms with Gasteiger partial charge in [-0.2, -0.15) is 0 Å². The summed E-state index contributed by atoms with van der Waals surface area (Å²) in [5.74, 6) is 0.928. The maximum absolute atomic E-state index is 6.77. The summed E-state index contributed by atoms with van der Waals surface area (Å²) >= 11 is 0. The highest BCUT2D eigenvalue weighted by Crippen LogP contribution is 2.49. The van der Waals surface area contributed by atoms with Crippen molar-refractivity contribution in [1.82, 2.24) is 9.13 Å². The molecule has 10 aromatic rings. The highest BCUT2D eigenvalue weighted by atomic mass is 16.3. The standard InChI is InChI=1S/C44H26BN3O/c1-3-13-27(14-4-1)46-35-22-9-7-17-29(35)30-25-26-36-39(42(30)46)32-19-11-21-34-41(32)47(36)37-23-12-20-33-40(37)45(34)48(28-15-5-2-6-16-28)43-31-18-8-10-24-38(31)49-44(33)43/h1-26H. The Morgan fingerprint density at radius 2 is 1.18 bits per heavy atom. The van der Waals surface area contributed by atoms with E-state index in [1.807, 2.05) is 0 Å². The summed E-state index contributed by atoms with van der Waals surface area (Å²) in [7, 11) is 0. The van der Waals surface area contributed by atoms with Crippen LogP contribution in [0.5, 0.6) is 0 Å². The van der Waals surface area contributed by atoms with E-state index >= 15 is 0 Å². The molecule has 0 saturated heterocycles. The van der Waals surface area contributed by atoms with Crippen molar-refractivity contribution in [2.75, 3.05) is 4.81 Å². The maximum atomic E-state index is 6.77. The van der Waals surface area contributed by atoms with Crippen molar-refractivity contribution in [3.8, 4) is 22.7 Å². The fourth-order valence-electron chi connectivity index (χ4n) is 9.05. The first-order chi connectivity index (χ1) is 24.4. The molecule has 0 unspecified atom stereocenters. The number of anilines is 2. The predicted octanol–water partition coefficient (Wildman–Crippen LogP) is 9.86. The van der Waals surface area contributed by atoms with Crippen LogP contribution in [-0.2, 0) is 0 Å². The van der Waals surface area contributed by atoms with Gasteiger partial charge in [-0.25, -0.2) is 0 Å². The van der Waals surface area contributed by atoms with Gasteiger partial charge in [-0.3, -0.25) is 0 Å². The fraction of sp³-hybridized carbons (Fsp3) is 0. The van der Waals surface area contributed by atoms with Crippen LogP contribution in [0.25, 0.3) is 77.3 Å². The Hall–Kier alpha value is -6.46. The van der Waals surface area contributed by atoms with Crippen LogP contribution in [0.15, 0.2) is 162 Å². The zero-order valence-corrected chi connectivity index (χ0v) is 26.3. The highest BCUT2D eigenvalue weighted by molar-refractivity contribution is 6.93. The Morgan fingerprint density at radius 3 is 2.04 bits per heavy atom. The molecule has 0 aliphatic carbocycles. The second kappa shape index (κ2) is 9.12. The molecule has 4 nitrogen and oxygen atoms in total. The third-order valence-corrected chi connectivity index (χ3v) is 10.9.